The van der Waals surface area contributed by atoms with Crippen molar-refractivity contribution in [3.05, 3.63) is 154 Å². The van der Waals surface area contributed by atoms with E-state index in [1.807, 2.05) is 0 Å². The number of hydrogen-bond donors (Lipinski definition) is 0. The third-order valence-electron chi connectivity index (χ3n) is 11.4. The van der Waals surface area contributed by atoms with Crippen LogP contribution in [-0.2, 0) is 20.3 Å². The van der Waals surface area contributed by atoms with Crippen molar-refractivity contribution in [1.29, 1.82) is 0 Å². The molecule has 0 radical (unpaired) electrons. The van der Waals surface area contributed by atoms with Crippen molar-refractivity contribution in [3.63, 3.8) is 0 Å². The zero-order valence-corrected chi connectivity index (χ0v) is 31.3. The van der Waals surface area contributed by atoms with Gasteiger partial charge >= 0.3 is 273 Å². The molecule has 0 nitrogen and oxygen atoms in total. The molecule has 0 aromatic heterocycles. The fourth-order valence-corrected chi connectivity index (χ4v) is 27.5. The summed E-state index contributed by atoms with van der Waals surface area (Å²) in [4.78, 5) is 0. The van der Waals surface area contributed by atoms with Gasteiger partial charge in [0, 0.05) is 0 Å². The number of fused-ring (bicyclic) bond motifs is 4. The Morgan fingerprint density at radius 1 is 0.447 bits per heavy atom. The average Bonchev–Trinajstić information content (AvgIpc) is 3.63. The Morgan fingerprint density at radius 2 is 0.851 bits per heavy atom. The minimum absolute atomic E-state index is 0. The summed E-state index contributed by atoms with van der Waals surface area (Å²) >= 11 is -2.78. The van der Waals surface area contributed by atoms with Crippen LogP contribution in [0, 0.1) is 13.8 Å². The number of hydrogen-bond acceptors (Lipinski definition) is 0. The van der Waals surface area contributed by atoms with Crippen LogP contribution in [0.1, 0.15) is 54.5 Å². The van der Waals surface area contributed by atoms with E-state index in [4.69, 9.17) is 0 Å². The Kier molecular flexibility index (Phi) is 8.28. The van der Waals surface area contributed by atoms with Gasteiger partial charge in [-0.15, -0.1) is 0 Å². The SMILES string of the molecule is CC1=Cc2c(-c3cccc4ccccc34)ccc(C)c2[CH]1[Zr+2]1([CH]2C(C)=Cc3c(-c4cccc5ccccc45)ccc(C)c32)[CH2][CH2]1.[Cl-].[Cl-]. The van der Waals surface area contributed by atoms with Crippen LogP contribution in [-0.4, -0.2) is 0 Å². The maximum absolute atomic E-state index is 2.78. The second-order valence-electron chi connectivity index (χ2n) is 13.9. The topological polar surface area (TPSA) is 0 Å². The largest absolute Gasteiger partial charge is 1.00 e. The van der Waals surface area contributed by atoms with Crippen LogP contribution in [0.2, 0.25) is 8.26 Å². The van der Waals surface area contributed by atoms with Crippen LogP contribution in [0.3, 0.4) is 0 Å². The maximum atomic E-state index is 2.59. The van der Waals surface area contributed by atoms with Gasteiger partial charge in [-0.25, -0.2) is 0 Å². The van der Waals surface area contributed by atoms with Gasteiger partial charge in [-0.05, 0) is 0 Å². The van der Waals surface area contributed by atoms with Crippen LogP contribution in [0.4, 0.5) is 0 Å². The molecule has 0 bridgehead atoms. The van der Waals surface area contributed by atoms with Gasteiger partial charge in [-0.1, -0.05) is 0 Å². The molecule has 1 saturated heterocycles. The minimum Gasteiger partial charge on any atom is -1.00 e. The van der Waals surface area contributed by atoms with Gasteiger partial charge in [0.1, 0.15) is 0 Å². The van der Waals surface area contributed by atoms with Crippen molar-refractivity contribution >= 4 is 33.7 Å². The van der Waals surface area contributed by atoms with Crippen molar-refractivity contribution in [2.45, 2.75) is 43.2 Å². The van der Waals surface area contributed by atoms with Crippen molar-refractivity contribution in [3.8, 4) is 22.3 Å². The van der Waals surface area contributed by atoms with E-state index >= 15 is 0 Å². The van der Waals surface area contributed by atoms with Gasteiger partial charge in [-0.2, -0.15) is 0 Å². The molecule has 232 valence electrons. The summed E-state index contributed by atoms with van der Waals surface area (Å²) in [6.45, 7) is 9.68. The standard InChI is InChI=1S/2C21H17.C2H4.2ClH.Zr/c2*1-14-12-20-15(2)10-11-19(21(20)13-14)18-9-5-7-16-6-3-4-8-17(16)18;1-2;;;/h2*3-13H,1-2H3;1-2H2;2*1H;/q;;;;;+2/p-2. The van der Waals surface area contributed by atoms with Gasteiger partial charge in [0.2, 0.25) is 0 Å². The van der Waals surface area contributed by atoms with Crippen LogP contribution >= 0.6 is 0 Å². The van der Waals surface area contributed by atoms with E-state index in [0.29, 0.717) is 7.25 Å². The fraction of sp³-hybridized carbons (Fsp3) is 0.182. The second-order valence-corrected chi connectivity index (χ2v) is 25.3. The van der Waals surface area contributed by atoms with Gasteiger partial charge < -0.3 is 24.8 Å². The maximum Gasteiger partial charge on any atom is -1.00 e. The Hall–Kier alpha value is -3.22. The molecule has 1 aliphatic heterocycles. The zero-order valence-electron chi connectivity index (χ0n) is 27.4. The van der Waals surface area contributed by atoms with Gasteiger partial charge in [0.15, 0.2) is 0 Å². The number of benzene rings is 6. The smallest absolute Gasteiger partial charge is 1.00 e. The number of allylic oxidation sites excluding steroid dienone is 2. The third-order valence-corrected chi connectivity index (χ3v) is 24.8. The summed E-state index contributed by atoms with van der Waals surface area (Å²) < 4.78 is 4.25. The molecule has 9 rings (SSSR count). The number of aryl methyl sites for hydroxylation is 2. The fourth-order valence-electron chi connectivity index (χ4n) is 9.41. The number of halogens is 2. The molecule has 2 unspecified atom stereocenters. The predicted molar refractivity (Wildman–Crippen MR) is 191 cm³/mol. The van der Waals surface area contributed by atoms with Crippen molar-refractivity contribution in [2.75, 3.05) is 0 Å². The van der Waals surface area contributed by atoms with E-state index in [2.05, 4.69) is 149 Å². The predicted octanol–water partition coefficient (Wildman–Crippen LogP) is 6.57. The first kappa shape index (κ1) is 32.3. The van der Waals surface area contributed by atoms with E-state index in [1.165, 1.54) is 74.3 Å². The molecule has 1 heterocycles. The molecule has 0 amide bonds. The Balaban J connectivity index is 0.00000176. The molecule has 2 atom stereocenters. The molecular formula is C44H38Cl2Zr. The molecule has 0 spiro atoms. The van der Waals surface area contributed by atoms with Gasteiger partial charge in [0.25, 0.3) is 0 Å². The Labute approximate surface area is 295 Å². The zero-order chi connectivity index (χ0) is 30.4. The minimum atomic E-state index is -2.78. The average molecular weight is 729 g/mol. The van der Waals surface area contributed by atoms with E-state index < -0.39 is 20.3 Å². The molecule has 3 heteroatoms. The normalized spacial score (nSPS) is 17.9. The van der Waals surface area contributed by atoms with Gasteiger partial charge in [-0.3, -0.25) is 0 Å². The summed E-state index contributed by atoms with van der Waals surface area (Å²) in [5.41, 5.74) is 18.1. The Bertz CT molecular complexity index is 2120. The van der Waals surface area contributed by atoms with Crippen molar-refractivity contribution in [1.82, 2.24) is 0 Å². The first-order valence-corrected chi connectivity index (χ1v) is 22.9. The van der Waals surface area contributed by atoms with Crippen LogP contribution in [0.15, 0.2) is 120 Å². The summed E-state index contributed by atoms with van der Waals surface area (Å²) in [7, 11) is 0. The molecule has 2 aliphatic carbocycles. The molecule has 0 N–H and O–H groups in total. The monoisotopic (exact) mass is 726 g/mol. The molecule has 47 heavy (non-hydrogen) atoms. The molecule has 1 fully saturated rings. The first-order chi connectivity index (χ1) is 22.0. The molecule has 6 aromatic carbocycles. The summed E-state index contributed by atoms with van der Waals surface area (Å²) in [5, 5.41) is 5.34. The number of rotatable bonds is 4. The van der Waals surface area contributed by atoms with E-state index in [-0.39, 0.29) is 24.8 Å². The summed E-state index contributed by atoms with van der Waals surface area (Å²) in [6.07, 6.45) is 5.19. The molecule has 3 aliphatic rings. The quantitative estimate of drug-likeness (QED) is 0.193. The van der Waals surface area contributed by atoms with E-state index in [9.17, 15) is 0 Å². The summed E-state index contributed by atoms with van der Waals surface area (Å²) in [5.74, 6) is 0. The first-order valence-electron chi connectivity index (χ1n) is 16.6. The summed E-state index contributed by atoms with van der Waals surface area (Å²) in [6, 6.07) is 41.0. The Morgan fingerprint density at radius 3 is 1.28 bits per heavy atom. The molecular weight excluding hydrogens is 691 g/mol. The van der Waals surface area contributed by atoms with Crippen molar-refractivity contribution < 1.29 is 45.1 Å². The molecule has 0 saturated carbocycles. The van der Waals surface area contributed by atoms with E-state index in [1.54, 1.807) is 22.3 Å². The second kappa shape index (κ2) is 12.0. The van der Waals surface area contributed by atoms with Crippen LogP contribution in [0.25, 0.3) is 56.0 Å². The van der Waals surface area contributed by atoms with Crippen LogP contribution < -0.4 is 24.8 Å². The molecule has 6 aromatic rings. The van der Waals surface area contributed by atoms with Crippen LogP contribution in [0.5, 0.6) is 0 Å². The van der Waals surface area contributed by atoms with Crippen molar-refractivity contribution in [2.24, 2.45) is 0 Å². The van der Waals surface area contributed by atoms with Gasteiger partial charge in [0.05, 0.1) is 0 Å². The third kappa shape index (κ3) is 4.80. The van der Waals surface area contributed by atoms with E-state index in [0.717, 1.165) is 0 Å².